The van der Waals surface area contributed by atoms with Crippen molar-refractivity contribution in [3.63, 3.8) is 0 Å². The number of carboxylic acid groups (broad SMARTS) is 1. The fourth-order valence-corrected chi connectivity index (χ4v) is 5.06. The van der Waals surface area contributed by atoms with E-state index in [-0.39, 0.29) is 6.04 Å². The van der Waals surface area contributed by atoms with E-state index in [0.29, 0.717) is 38.1 Å². The van der Waals surface area contributed by atoms with Gasteiger partial charge >= 0.3 is 6.09 Å². The van der Waals surface area contributed by atoms with Crippen LogP contribution in [-0.2, 0) is 11.5 Å². The number of nitrogens with zero attached hydrogens (tertiary/aromatic N) is 6. The first-order valence-corrected chi connectivity index (χ1v) is 15.5. The van der Waals surface area contributed by atoms with Gasteiger partial charge in [0.1, 0.15) is 29.7 Å². The molecule has 0 spiro atoms. The van der Waals surface area contributed by atoms with E-state index in [0.717, 1.165) is 34.2 Å². The van der Waals surface area contributed by atoms with Gasteiger partial charge in [-0.25, -0.2) is 19.7 Å². The Morgan fingerprint density at radius 2 is 2.03 bits per heavy atom. The molecular formula is C23H31ClN6O3Si. The summed E-state index contributed by atoms with van der Waals surface area (Å²) in [6, 6.07) is 7.10. The summed E-state index contributed by atoms with van der Waals surface area (Å²) in [4.78, 5) is 28.1. The number of anilines is 1. The lowest BCUT2D eigenvalue weighted by Crippen LogP contribution is -2.53. The SMILES string of the molecule is C[C@H]1CN(C(=O)O)CCN1c1ccc(-c2cc3c(Cl)ncnc3n2COCC[Si](C)(C)C)cn1. The number of amides is 1. The van der Waals surface area contributed by atoms with Crippen LogP contribution >= 0.6 is 11.6 Å². The molecule has 4 heterocycles. The fraction of sp³-hybridized carbons (Fsp3) is 0.478. The zero-order valence-electron chi connectivity index (χ0n) is 20.0. The monoisotopic (exact) mass is 502 g/mol. The molecule has 1 aliphatic heterocycles. The first kappa shape index (κ1) is 24.4. The van der Waals surface area contributed by atoms with E-state index in [1.807, 2.05) is 35.9 Å². The van der Waals surface area contributed by atoms with Crippen molar-refractivity contribution in [1.29, 1.82) is 0 Å². The van der Waals surface area contributed by atoms with Crippen LogP contribution in [-0.4, -0.2) is 76.0 Å². The lowest BCUT2D eigenvalue weighted by Gasteiger charge is -2.39. The lowest BCUT2D eigenvalue weighted by molar-refractivity contribution is 0.0909. The summed E-state index contributed by atoms with van der Waals surface area (Å²) >= 11 is 6.36. The lowest BCUT2D eigenvalue weighted by atomic mass is 10.1. The zero-order valence-corrected chi connectivity index (χ0v) is 21.8. The summed E-state index contributed by atoms with van der Waals surface area (Å²) in [6.45, 7) is 11.6. The number of hydrogen-bond donors (Lipinski definition) is 1. The molecule has 1 atom stereocenters. The number of fused-ring (bicyclic) bond motifs is 1. The molecule has 0 aliphatic carbocycles. The third-order valence-electron chi connectivity index (χ3n) is 6.09. The number of ether oxygens (including phenoxy) is 1. The highest BCUT2D eigenvalue weighted by molar-refractivity contribution is 6.76. The summed E-state index contributed by atoms with van der Waals surface area (Å²) < 4.78 is 8.05. The summed E-state index contributed by atoms with van der Waals surface area (Å²) in [6.07, 6.45) is 2.42. The molecule has 1 aliphatic rings. The van der Waals surface area contributed by atoms with Crippen molar-refractivity contribution in [3.8, 4) is 11.3 Å². The van der Waals surface area contributed by atoms with Gasteiger partial charge in [-0.1, -0.05) is 31.2 Å². The molecule has 1 N–H and O–H groups in total. The maximum Gasteiger partial charge on any atom is 0.407 e. The average molecular weight is 503 g/mol. The highest BCUT2D eigenvalue weighted by Gasteiger charge is 2.27. The second-order valence-electron chi connectivity index (χ2n) is 9.88. The van der Waals surface area contributed by atoms with Crippen LogP contribution in [0.2, 0.25) is 30.8 Å². The van der Waals surface area contributed by atoms with Crippen LogP contribution in [0.5, 0.6) is 0 Å². The van der Waals surface area contributed by atoms with Gasteiger partial charge < -0.3 is 24.2 Å². The number of hydrogen-bond acceptors (Lipinski definition) is 6. The Kier molecular flexibility index (Phi) is 7.11. The summed E-state index contributed by atoms with van der Waals surface area (Å²) in [5.41, 5.74) is 2.56. The number of rotatable bonds is 7. The quantitative estimate of drug-likeness (QED) is 0.285. The van der Waals surface area contributed by atoms with Crippen molar-refractivity contribution < 1.29 is 14.6 Å². The Balaban J connectivity index is 1.58. The van der Waals surface area contributed by atoms with E-state index in [4.69, 9.17) is 21.3 Å². The average Bonchev–Trinajstić information content (AvgIpc) is 3.16. The normalized spacial score (nSPS) is 16.9. The number of piperazine rings is 1. The molecule has 4 rings (SSSR count). The molecular weight excluding hydrogens is 472 g/mol. The van der Waals surface area contributed by atoms with Gasteiger partial charge in [0.25, 0.3) is 0 Å². The van der Waals surface area contributed by atoms with E-state index < -0.39 is 14.2 Å². The molecule has 1 saturated heterocycles. The molecule has 11 heteroatoms. The van der Waals surface area contributed by atoms with Gasteiger partial charge in [-0.3, -0.25) is 0 Å². The fourth-order valence-electron chi connectivity index (χ4n) is 4.12. The van der Waals surface area contributed by atoms with Crippen molar-refractivity contribution in [2.45, 2.75) is 45.4 Å². The standard InChI is InChI=1S/C23H31ClN6O3Si/c1-16-13-28(23(31)32)7-8-29(16)20-6-5-17(12-25-20)19-11-18-21(24)26-14-27-22(18)30(19)15-33-9-10-34(2,3)4/h5-6,11-12,14,16H,7-10,13,15H2,1-4H3,(H,31,32)/t16-/m0/s1. The van der Waals surface area contributed by atoms with Gasteiger partial charge in [-0.15, -0.1) is 0 Å². The van der Waals surface area contributed by atoms with Crippen LogP contribution in [0.4, 0.5) is 10.6 Å². The smallest absolute Gasteiger partial charge is 0.407 e. The molecule has 34 heavy (non-hydrogen) atoms. The van der Waals surface area contributed by atoms with Gasteiger partial charge in [0.05, 0.1) is 11.1 Å². The summed E-state index contributed by atoms with van der Waals surface area (Å²) in [5.74, 6) is 0.827. The molecule has 0 unspecified atom stereocenters. The maximum absolute atomic E-state index is 11.3. The minimum Gasteiger partial charge on any atom is -0.465 e. The summed E-state index contributed by atoms with van der Waals surface area (Å²) in [7, 11) is -1.19. The predicted octanol–water partition coefficient (Wildman–Crippen LogP) is 4.65. The maximum atomic E-state index is 11.3. The van der Waals surface area contributed by atoms with Crippen molar-refractivity contribution in [1.82, 2.24) is 24.4 Å². The molecule has 182 valence electrons. The Bertz CT molecular complexity index is 1160. The molecule has 0 bridgehead atoms. The molecule has 1 fully saturated rings. The van der Waals surface area contributed by atoms with Gasteiger partial charge in [0.15, 0.2) is 0 Å². The van der Waals surface area contributed by atoms with E-state index in [9.17, 15) is 9.90 Å². The molecule has 1 amide bonds. The highest BCUT2D eigenvalue weighted by atomic mass is 35.5. The van der Waals surface area contributed by atoms with Crippen molar-refractivity contribution >= 4 is 42.6 Å². The van der Waals surface area contributed by atoms with Crippen LogP contribution in [0.25, 0.3) is 22.3 Å². The number of carbonyl (C=O) groups is 1. The second kappa shape index (κ2) is 9.89. The first-order valence-electron chi connectivity index (χ1n) is 11.4. The number of aromatic nitrogens is 4. The van der Waals surface area contributed by atoms with Crippen LogP contribution in [0.15, 0.2) is 30.7 Å². The molecule has 3 aromatic rings. The van der Waals surface area contributed by atoms with Gasteiger partial charge in [0.2, 0.25) is 0 Å². The largest absolute Gasteiger partial charge is 0.465 e. The third kappa shape index (κ3) is 5.34. The van der Waals surface area contributed by atoms with Crippen LogP contribution < -0.4 is 4.90 Å². The van der Waals surface area contributed by atoms with Gasteiger partial charge in [-0.2, -0.15) is 0 Å². The zero-order chi connectivity index (χ0) is 24.5. The Hall–Kier alpha value is -2.69. The van der Waals surface area contributed by atoms with Crippen LogP contribution in [0.1, 0.15) is 6.92 Å². The highest BCUT2D eigenvalue weighted by Crippen LogP contribution is 2.31. The van der Waals surface area contributed by atoms with Crippen molar-refractivity contribution in [3.05, 3.63) is 35.9 Å². The molecule has 0 radical (unpaired) electrons. The van der Waals surface area contributed by atoms with E-state index in [1.54, 1.807) is 0 Å². The molecule has 0 aromatic carbocycles. The summed E-state index contributed by atoms with van der Waals surface area (Å²) in [5, 5.41) is 10.4. The Morgan fingerprint density at radius 3 is 2.68 bits per heavy atom. The Labute approximate surface area is 205 Å². The molecule has 0 saturated carbocycles. The van der Waals surface area contributed by atoms with E-state index in [1.165, 1.54) is 11.2 Å². The Morgan fingerprint density at radius 1 is 1.24 bits per heavy atom. The van der Waals surface area contributed by atoms with Crippen molar-refractivity contribution in [2.24, 2.45) is 0 Å². The number of halogens is 1. The minimum atomic E-state index is -1.19. The second-order valence-corrected chi connectivity index (χ2v) is 15.9. The van der Waals surface area contributed by atoms with E-state index >= 15 is 0 Å². The third-order valence-corrected chi connectivity index (χ3v) is 8.10. The molecule has 9 nitrogen and oxygen atoms in total. The van der Waals surface area contributed by atoms with Crippen LogP contribution in [0.3, 0.4) is 0 Å². The van der Waals surface area contributed by atoms with Crippen LogP contribution in [0, 0.1) is 0 Å². The van der Waals surface area contributed by atoms with Gasteiger partial charge in [0, 0.05) is 52.1 Å². The van der Waals surface area contributed by atoms with E-state index in [2.05, 4.69) is 34.5 Å². The van der Waals surface area contributed by atoms with Crippen molar-refractivity contribution in [2.75, 3.05) is 31.1 Å². The molecule has 3 aromatic heterocycles. The van der Waals surface area contributed by atoms with Gasteiger partial charge in [-0.05, 0) is 31.2 Å². The first-order chi connectivity index (χ1) is 16.1. The number of pyridine rings is 1. The minimum absolute atomic E-state index is 0.0449. The predicted molar refractivity (Wildman–Crippen MR) is 136 cm³/mol. The topological polar surface area (TPSA) is 96.6 Å².